The lowest BCUT2D eigenvalue weighted by Crippen LogP contribution is -2.27. The van der Waals surface area contributed by atoms with Crippen LogP contribution in [0.1, 0.15) is 53.5 Å². The maximum Gasteiger partial charge on any atom is 0.394 e. The minimum atomic E-state index is -3.30. The van der Waals surface area contributed by atoms with Gasteiger partial charge in [-0.1, -0.05) is 12.6 Å². The van der Waals surface area contributed by atoms with Crippen molar-refractivity contribution in [1.82, 2.24) is 19.7 Å². The van der Waals surface area contributed by atoms with E-state index in [-0.39, 0.29) is 23.1 Å². The number of carbonyl (C=O) groups is 2. The Balaban J connectivity index is 1.33. The summed E-state index contributed by atoms with van der Waals surface area (Å²) in [5.74, 6) is 0.428. The van der Waals surface area contributed by atoms with Gasteiger partial charge in [0.05, 0.1) is 12.3 Å². The normalized spacial score (nSPS) is 13.9. The van der Waals surface area contributed by atoms with E-state index in [0.29, 0.717) is 25.5 Å². The van der Waals surface area contributed by atoms with Gasteiger partial charge in [0.25, 0.3) is 5.91 Å². The van der Waals surface area contributed by atoms with E-state index in [1.54, 1.807) is 16.9 Å². The number of benzene rings is 1. The van der Waals surface area contributed by atoms with Crippen LogP contribution >= 0.6 is 0 Å². The zero-order chi connectivity index (χ0) is 28.7. The summed E-state index contributed by atoms with van der Waals surface area (Å²) in [5.41, 5.74) is 2.67. The Morgan fingerprint density at radius 3 is 2.65 bits per heavy atom. The van der Waals surface area contributed by atoms with Gasteiger partial charge in [-0.3, -0.25) is 14.3 Å². The molecule has 40 heavy (non-hydrogen) atoms. The first-order valence-electron chi connectivity index (χ1n) is 13.0. The molecular formula is C29H32F2N6O3. The summed E-state index contributed by atoms with van der Waals surface area (Å²) < 4.78 is 32.4. The fourth-order valence-electron chi connectivity index (χ4n) is 4.29. The molecule has 1 aliphatic rings. The third-order valence-corrected chi connectivity index (χ3v) is 6.30. The molecular weight excluding hydrogens is 518 g/mol. The van der Waals surface area contributed by atoms with E-state index >= 15 is 0 Å². The van der Waals surface area contributed by atoms with Gasteiger partial charge < -0.3 is 15.0 Å². The molecule has 0 bridgehead atoms. The number of rotatable bonds is 12. The highest BCUT2D eigenvalue weighted by atomic mass is 19.3. The summed E-state index contributed by atoms with van der Waals surface area (Å²) >= 11 is 0. The molecule has 0 saturated carbocycles. The molecule has 1 aliphatic heterocycles. The number of halogens is 2. The van der Waals surface area contributed by atoms with Crippen LogP contribution in [0.15, 0.2) is 66.3 Å². The van der Waals surface area contributed by atoms with E-state index in [1.165, 1.54) is 30.3 Å². The molecule has 1 aromatic carbocycles. The Morgan fingerprint density at radius 1 is 1.25 bits per heavy atom. The Hall–Kier alpha value is -4.41. The van der Waals surface area contributed by atoms with Crippen LogP contribution in [0, 0.1) is 6.92 Å². The molecule has 0 aliphatic carbocycles. The van der Waals surface area contributed by atoms with Crippen LogP contribution in [-0.2, 0) is 11.3 Å². The minimum absolute atomic E-state index is 0.00568. The fraction of sp³-hybridized carbons (Fsp3) is 0.345. The summed E-state index contributed by atoms with van der Waals surface area (Å²) in [5, 5.41) is 7.69. The Bertz CT molecular complexity index is 1380. The summed E-state index contributed by atoms with van der Waals surface area (Å²) in [7, 11) is 0. The van der Waals surface area contributed by atoms with Gasteiger partial charge in [0.15, 0.2) is 5.69 Å². The number of aryl methyl sites for hydroxylation is 1. The molecule has 1 saturated heterocycles. The Morgan fingerprint density at radius 2 is 2.02 bits per heavy atom. The van der Waals surface area contributed by atoms with Crippen LogP contribution in [0.2, 0.25) is 0 Å². The van der Waals surface area contributed by atoms with Gasteiger partial charge in [0, 0.05) is 50.4 Å². The van der Waals surface area contributed by atoms with Crippen molar-refractivity contribution in [2.24, 2.45) is 4.99 Å². The van der Waals surface area contributed by atoms with E-state index in [0.717, 1.165) is 49.6 Å². The van der Waals surface area contributed by atoms with Crippen molar-refractivity contribution < 1.29 is 23.1 Å². The van der Waals surface area contributed by atoms with Crippen LogP contribution < -0.4 is 10.1 Å². The van der Waals surface area contributed by atoms with Crippen molar-refractivity contribution in [2.75, 3.05) is 25.0 Å². The molecule has 210 valence electrons. The maximum absolute atomic E-state index is 13.1. The topological polar surface area (TPSA) is 102 Å². The molecule has 0 unspecified atom stereocenters. The number of aromatic nitrogens is 3. The zero-order valence-electron chi connectivity index (χ0n) is 22.6. The third-order valence-electron chi connectivity index (χ3n) is 6.30. The number of nitrogens with one attached hydrogen (secondary N) is 1. The first-order chi connectivity index (χ1) is 19.1. The number of pyridine rings is 1. The summed E-state index contributed by atoms with van der Waals surface area (Å²) in [6, 6.07) is 11.3. The van der Waals surface area contributed by atoms with E-state index < -0.39 is 12.0 Å². The average Bonchev–Trinajstić information content (AvgIpc) is 3.50. The Kier molecular flexibility index (Phi) is 9.03. The zero-order valence-corrected chi connectivity index (χ0v) is 22.6. The van der Waals surface area contributed by atoms with Crippen LogP contribution in [0.5, 0.6) is 5.75 Å². The van der Waals surface area contributed by atoms with Crippen molar-refractivity contribution in [1.29, 1.82) is 0 Å². The first kappa shape index (κ1) is 28.6. The lowest BCUT2D eigenvalue weighted by molar-refractivity contribution is -0.158. The second-order valence-corrected chi connectivity index (χ2v) is 9.59. The highest BCUT2D eigenvalue weighted by Crippen LogP contribution is 2.22. The molecule has 3 aromatic rings. The lowest BCUT2D eigenvalue weighted by Gasteiger charge is -2.15. The van der Waals surface area contributed by atoms with Crippen LogP contribution in [0.3, 0.4) is 0 Å². The third kappa shape index (κ3) is 7.81. The number of aliphatic imine (C=N–C) groups is 1. The van der Waals surface area contributed by atoms with Crippen molar-refractivity contribution in [3.8, 4) is 5.75 Å². The quantitative estimate of drug-likeness (QED) is 0.255. The largest absolute Gasteiger partial charge is 0.433 e. The van der Waals surface area contributed by atoms with Gasteiger partial charge >= 0.3 is 6.11 Å². The number of likely N-dealkylation sites (tertiary alicyclic amines) is 1. The summed E-state index contributed by atoms with van der Waals surface area (Å²) in [6.45, 7) is 8.96. The molecule has 3 heterocycles. The van der Waals surface area contributed by atoms with E-state index in [4.69, 9.17) is 0 Å². The van der Waals surface area contributed by atoms with Gasteiger partial charge in [0.1, 0.15) is 11.6 Å². The number of hydrogen-bond acceptors (Lipinski definition) is 6. The Labute approximate surface area is 231 Å². The molecule has 0 radical (unpaired) electrons. The molecule has 0 spiro atoms. The number of anilines is 1. The molecule has 11 heteroatoms. The number of alkyl halides is 2. The molecule has 2 aromatic heterocycles. The fourth-order valence-corrected chi connectivity index (χ4v) is 4.29. The summed E-state index contributed by atoms with van der Waals surface area (Å²) in [6.07, 6.45) is 2.33. The number of hydrogen-bond donors (Lipinski definition) is 1. The van der Waals surface area contributed by atoms with Gasteiger partial charge in [0.2, 0.25) is 5.91 Å². The molecule has 1 N–H and O–H groups in total. The van der Waals surface area contributed by atoms with Crippen molar-refractivity contribution in [3.05, 3.63) is 83.8 Å². The smallest absolute Gasteiger partial charge is 0.394 e. The van der Waals surface area contributed by atoms with Crippen molar-refractivity contribution in [3.63, 3.8) is 0 Å². The number of amides is 2. The second kappa shape index (κ2) is 12.6. The van der Waals surface area contributed by atoms with Gasteiger partial charge in [-0.2, -0.15) is 13.9 Å². The number of ether oxygens (including phenoxy) is 1. The van der Waals surface area contributed by atoms with E-state index in [9.17, 15) is 18.4 Å². The molecule has 2 amide bonds. The lowest BCUT2D eigenvalue weighted by atomic mass is 10.1. The summed E-state index contributed by atoms with van der Waals surface area (Å²) in [4.78, 5) is 35.0. The van der Waals surface area contributed by atoms with Crippen LogP contribution in [-0.4, -0.2) is 62.9 Å². The standard InChI is InChI=1S/C29H32F2N6O3/c1-4-24(22-9-11-23(12-10-22)40-29(3,30)31)34-28(39)25-17-20(2)37(35-25)19-21-8-13-26(33-18-21)32-14-6-16-36-15-5-7-27(36)38/h4,8-13,17-18H,1,5-7,14-16,19H2,2-3H3,(H,32,33). The number of nitrogens with zero attached hydrogens (tertiary/aromatic N) is 5. The SMILES string of the molecule is C=CC(=NC(=O)c1cc(C)n(Cc2ccc(NCCCN3CCCC3=O)nc2)n1)c1ccc(OC(C)(F)F)cc1. The molecule has 9 nitrogen and oxygen atoms in total. The van der Waals surface area contributed by atoms with Crippen molar-refractivity contribution in [2.45, 2.75) is 45.8 Å². The van der Waals surface area contributed by atoms with E-state index in [1.807, 2.05) is 24.0 Å². The van der Waals surface area contributed by atoms with Gasteiger partial charge in [-0.25, -0.2) is 9.98 Å². The van der Waals surface area contributed by atoms with Gasteiger partial charge in [-0.05, 0) is 67.8 Å². The molecule has 1 fully saturated rings. The minimum Gasteiger partial charge on any atom is -0.433 e. The second-order valence-electron chi connectivity index (χ2n) is 9.59. The van der Waals surface area contributed by atoms with E-state index in [2.05, 4.69) is 31.7 Å². The number of allylic oxidation sites excluding steroid dienone is 1. The predicted molar refractivity (Wildman–Crippen MR) is 148 cm³/mol. The predicted octanol–water partition coefficient (Wildman–Crippen LogP) is 4.87. The van der Waals surface area contributed by atoms with Gasteiger partial charge in [-0.15, -0.1) is 0 Å². The molecule has 4 rings (SSSR count). The first-order valence-corrected chi connectivity index (χ1v) is 13.0. The van der Waals surface area contributed by atoms with Crippen LogP contribution in [0.25, 0.3) is 0 Å². The number of carbonyl (C=O) groups excluding carboxylic acids is 2. The highest BCUT2D eigenvalue weighted by molar-refractivity contribution is 6.15. The highest BCUT2D eigenvalue weighted by Gasteiger charge is 2.23. The van der Waals surface area contributed by atoms with Crippen LogP contribution in [0.4, 0.5) is 14.6 Å². The van der Waals surface area contributed by atoms with Crippen molar-refractivity contribution >= 4 is 23.3 Å². The monoisotopic (exact) mass is 550 g/mol. The maximum atomic E-state index is 13.1. The average molecular weight is 551 g/mol. The molecule has 0 atom stereocenters.